The first-order valence-electron chi connectivity index (χ1n) is 9.87. The predicted octanol–water partition coefficient (Wildman–Crippen LogP) is 6.22. The van der Waals surface area contributed by atoms with E-state index < -0.39 is 0 Å². The summed E-state index contributed by atoms with van der Waals surface area (Å²) in [7, 11) is 0. The minimum Gasteiger partial charge on any atom is -0.352 e. The maximum Gasteiger partial charge on any atom is 0.252 e. The van der Waals surface area contributed by atoms with Gasteiger partial charge in [0.15, 0.2) is 0 Å². The van der Waals surface area contributed by atoms with Gasteiger partial charge in [-0.1, -0.05) is 51.3 Å². The first-order valence-corrected chi connectivity index (χ1v) is 10.7. The smallest absolute Gasteiger partial charge is 0.252 e. The summed E-state index contributed by atoms with van der Waals surface area (Å²) in [5.41, 5.74) is 2.45. The third-order valence-corrected chi connectivity index (χ3v) is 6.07. The molecule has 0 fully saturated rings. The topological polar surface area (TPSA) is 42.0 Å². The van der Waals surface area contributed by atoms with Gasteiger partial charge in [-0.15, -0.1) is 11.3 Å². The molecule has 0 aliphatic heterocycles. The number of carbonyl (C=O) groups excluding carboxylic acids is 1. The Morgan fingerprint density at radius 2 is 2.00 bits per heavy atom. The van der Waals surface area contributed by atoms with E-state index in [0.717, 1.165) is 34.4 Å². The van der Waals surface area contributed by atoms with Gasteiger partial charge in [-0.05, 0) is 43.5 Å². The predicted molar refractivity (Wildman–Crippen MR) is 115 cm³/mol. The van der Waals surface area contributed by atoms with Crippen molar-refractivity contribution in [3.8, 4) is 10.6 Å². The van der Waals surface area contributed by atoms with E-state index in [1.165, 1.54) is 24.1 Å². The van der Waals surface area contributed by atoms with Crippen LogP contribution in [-0.2, 0) is 0 Å². The molecule has 0 bridgehead atoms. The third-order valence-electron chi connectivity index (χ3n) is 5.05. The van der Waals surface area contributed by atoms with E-state index in [4.69, 9.17) is 4.98 Å². The Bertz CT molecular complexity index is 916. The number of fused-ring (bicyclic) bond motifs is 1. The second-order valence-electron chi connectivity index (χ2n) is 7.11. The van der Waals surface area contributed by atoms with E-state index in [9.17, 15) is 4.79 Å². The number of aryl methyl sites for hydroxylation is 1. The van der Waals surface area contributed by atoms with Gasteiger partial charge in [0.25, 0.3) is 5.91 Å². The number of benzene rings is 1. The van der Waals surface area contributed by atoms with Gasteiger partial charge in [-0.2, -0.15) is 0 Å². The number of carbonyl (C=O) groups is 1. The number of amides is 1. The van der Waals surface area contributed by atoms with Crippen LogP contribution in [0.5, 0.6) is 0 Å². The number of nitrogens with zero attached hydrogens (tertiary/aromatic N) is 1. The van der Waals surface area contributed by atoms with E-state index in [0.29, 0.717) is 11.5 Å². The molecule has 27 heavy (non-hydrogen) atoms. The number of para-hydroxylation sites is 1. The summed E-state index contributed by atoms with van der Waals surface area (Å²) >= 11 is 1.71. The first-order chi connectivity index (χ1) is 13.1. The van der Waals surface area contributed by atoms with Gasteiger partial charge < -0.3 is 5.32 Å². The van der Waals surface area contributed by atoms with E-state index in [-0.39, 0.29) is 5.91 Å². The van der Waals surface area contributed by atoms with E-state index in [1.54, 1.807) is 11.3 Å². The highest BCUT2D eigenvalue weighted by molar-refractivity contribution is 7.15. The molecule has 3 rings (SSSR count). The van der Waals surface area contributed by atoms with Gasteiger partial charge in [0.1, 0.15) is 0 Å². The molecule has 1 aromatic carbocycles. The maximum atomic E-state index is 13.0. The van der Waals surface area contributed by atoms with Crippen molar-refractivity contribution < 1.29 is 4.79 Å². The fourth-order valence-corrected chi connectivity index (χ4v) is 4.17. The largest absolute Gasteiger partial charge is 0.352 e. The lowest BCUT2D eigenvalue weighted by Gasteiger charge is -2.16. The summed E-state index contributed by atoms with van der Waals surface area (Å²) < 4.78 is 0. The Morgan fingerprint density at radius 1 is 1.19 bits per heavy atom. The van der Waals surface area contributed by atoms with Crippen LogP contribution in [0.2, 0.25) is 0 Å². The summed E-state index contributed by atoms with van der Waals surface area (Å²) in [6, 6.07) is 14.0. The van der Waals surface area contributed by atoms with Crippen LogP contribution in [0.15, 0.2) is 42.5 Å². The molecule has 1 N–H and O–H groups in total. The number of pyridine rings is 1. The van der Waals surface area contributed by atoms with Crippen LogP contribution < -0.4 is 5.32 Å². The van der Waals surface area contributed by atoms with Crippen molar-refractivity contribution in [2.75, 3.05) is 6.54 Å². The lowest BCUT2D eigenvalue weighted by atomic mass is 9.99. The number of unbranched alkanes of at least 4 members (excludes halogenated alkanes) is 1. The van der Waals surface area contributed by atoms with Crippen molar-refractivity contribution in [2.24, 2.45) is 5.92 Å². The zero-order chi connectivity index (χ0) is 19.2. The Morgan fingerprint density at radius 3 is 2.70 bits per heavy atom. The van der Waals surface area contributed by atoms with E-state index in [1.807, 2.05) is 30.3 Å². The molecule has 1 atom stereocenters. The third kappa shape index (κ3) is 4.75. The zero-order valence-corrected chi connectivity index (χ0v) is 17.2. The molecular weight excluding hydrogens is 352 g/mol. The highest BCUT2D eigenvalue weighted by Gasteiger charge is 2.16. The Kier molecular flexibility index (Phi) is 6.62. The van der Waals surface area contributed by atoms with Crippen LogP contribution in [0.25, 0.3) is 21.5 Å². The Balaban J connectivity index is 1.89. The minimum absolute atomic E-state index is 0.00178. The zero-order valence-electron chi connectivity index (χ0n) is 16.4. The lowest BCUT2D eigenvalue weighted by molar-refractivity contribution is 0.0947. The standard InChI is InChI=1S/C23H28N2OS/c1-4-6-9-17(5-2)15-24-23(26)19-14-21(22-13-12-16(3)27-22)25-20-11-8-7-10-18(19)20/h7-8,10-14,17H,4-6,9,15H2,1-3H3,(H,24,26). The average molecular weight is 381 g/mol. The molecule has 0 aliphatic rings. The molecule has 2 heterocycles. The summed E-state index contributed by atoms with van der Waals surface area (Å²) in [6.45, 7) is 7.23. The minimum atomic E-state index is -0.00178. The van der Waals surface area contributed by atoms with Crippen molar-refractivity contribution in [3.63, 3.8) is 0 Å². The summed E-state index contributed by atoms with van der Waals surface area (Å²) in [5, 5.41) is 4.08. The highest BCUT2D eigenvalue weighted by atomic mass is 32.1. The molecule has 3 nitrogen and oxygen atoms in total. The Labute approximate surface area is 165 Å². The molecule has 0 saturated carbocycles. The molecule has 0 radical (unpaired) electrons. The monoisotopic (exact) mass is 380 g/mol. The number of rotatable bonds is 8. The summed E-state index contributed by atoms with van der Waals surface area (Å²) in [6.07, 6.45) is 4.68. The number of hydrogen-bond donors (Lipinski definition) is 1. The highest BCUT2D eigenvalue weighted by Crippen LogP contribution is 2.29. The molecule has 2 aromatic heterocycles. The molecular formula is C23H28N2OS. The van der Waals surface area contributed by atoms with Crippen molar-refractivity contribution >= 4 is 28.1 Å². The SMILES string of the molecule is CCCCC(CC)CNC(=O)c1cc(-c2ccc(C)s2)nc2ccccc12. The van der Waals surface area contributed by atoms with Gasteiger partial charge in [0.05, 0.1) is 21.7 Å². The second kappa shape index (κ2) is 9.14. The first kappa shape index (κ1) is 19.6. The fraction of sp³-hybridized carbons (Fsp3) is 0.391. The number of aromatic nitrogens is 1. The molecule has 1 amide bonds. The van der Waals surface area contributed by atoms with Gasteiger partial charge in [0.2, 0.25) is 0 Å². The van der Waals surface area contributed by atoms with E-state index >= 15 is 0 Å². The van der Waals surface area contributed by atoms with Crippen LogP contribution >= 0.6 is 11.3 Å². The van der Waals surface area contributed by atoms with Crippen LogP contribution in [0, 0.1) is 12.8 Å². The average Bonchev–Trinajstić information content (AvgIpc) is 3.13. The quantitative estimate of drug-likeness (QED) is 0.504. The molecule has 0 aliphatic carbocycles. The molecule has 3 aromatic rings. The van der Waals surface area contributed by atoms with Crippen molar-refractivity contribution in [1.29, 1.82) is 0 Å². The molecule has 4 heteroatoms. The second-order valence-corrected chi connectivity index (χ2v) is 8.40. The van der Waals surface area contributed by atoms with Crippen molar-refractivity contribution in [1.82, 2.24) is 10.3 Å². The van der Waals surface area contributed by atoms with Crippen LogP contribution in [-0.4, -0.2) is 17.4 Å². The van der Waals surface area contributed by atoms with Gasteiger partial charge in [0, 0.05) is 16.8 Å². The lowest BCUT2D eigenvalue weighted by Crippen LogP contribution is -2.29. The van der Waals surface area contributed by atoms with Gasteiger partial charge >= 0.3 is 0 Å². The van der Waals surface area contributed by atoms with Gasteiger partial charge in [-0.25, -0.2) is 4.98 Å². The molecule has 0 spiro atoms. The molecule has 0 saturated heterocycles. The summed E-state index contributed by atoms with van der Waals surface area (Å²) in [4.78, 5) is 20.1. The van der Waals surface area contributed by atoms with Crippen LogP contribution in [0.3, 0.4) is 0 Å². The normalized spacial score (nSPS) is 12.3. The number of nitrogens with one attached hydrogen (secondary N) is 1. The summed E-state index contributed by atoms with van der Waals surface area (Å²) in [5.74, 6) is 0.541. The molecule has 142 valence electrons. The number of hydrogen-bond acceptors (Lipinski definition) is 3. The van der Waals surface area contributed by atoms with Crippen molar-refractivity contribution in [3.05, 3.63) is 52.9 Å². The fourth-order valence-electron chi connectivity index (χ4n) is 3.34. The van der Waals surface area contributed by atoms with Gasteiger partial charge in [-0.3, -0.25) is 4.79 Å². The van der Waals surface area contributed by atoms with Crippen LogP contribution in [0.4, 0.5) is 0 Å². The maximum absolute atomic E-state index is 13.0. The Hall–Kier alpha value is -2.20. The molecule has 1 unspecified atom stereocenters. The van der Waals surface area contributed by atoms with Crippen LogP contribution in [0.1, 0.15) is 54.8 Å². The number of thiophene rings is 1. The van der Waals surface area contributed by atoms with E-state index in [2.05, 4.69) is 38.2 Å². The van der Waals surface area contributed by atoms with Crippen molar-refractivity contribution in [2.45, 2.75) is 46.5 Å².